The van der Waals surface area contributed by atoms with Crippen molar-refractivity contribution < 1.29 is 9.90 Å². The van der Waals surface area contributed by atoms with Crippen molar-refractivity contribution in [1.82, 2.24) is 5.32 Å². The number of nitrogens with zero attached hydrogens (tertiary/aromatic N) is 1. The molecule has 0 aliphatic carbocycles. The average Bonchev–Trinajstić information content (AvgIpc) is 2.55. The first-order chi connectivity index (χ1) is 11.0. The van der Waals surface area contributed by atoms with Crippen LogP contribution in [-0.2, 0) is 11.3 Å². The van der Waals surface area contributed by atoms with E-state index in [-0.39, 0.29) is 11.3 Å². The van der Waals surface area contributed by atoms with E-state index in [9.17, 15) is 15.2 Å². The van der Waals surface area contributed by atoms with Gasteiger partial charge in [-0.05, 0) is 69.0 Å². The Morgan fingerprint density at radius 2 is 1.96 bits per heavy atom. The molecule has 0 aliphatic rings. The van der Waals surface area contributed by atoms with Gasteiger partial charge in [0.05, 0.1) is 3.57 Å². The first-order valence-electron chi connectivity index (χ1n) is 6.63. The van der Waals surface area contributed by atoms with E-state index in [2.05, 4.69) is 27.9 Å². The van der Waals surface area contributed by atoms with Crippen molar-refractivity contribution in [2.45, 2.75) is 6.54 Å². The average molecular weight is 530 g/mol. The molecule has 1 amide bonds. The number of rotatable bonds is 4. The van der Waals surface area contributed by atoms with Crippen LogP contribution in [0.15, 0.2) is 48.0 Å². The van der Waals surface area contributed by atoms with Crippen molar-refractivity contribution in [1.29, 1.82) is 5.26 Å². The highest BCUT2D eigenvalue weighted by molar-refractivity contribution is 14.1. The molecule has 23 heavy (non-hydrogen) atoms. The third kappa shape index (κ3) is 4.94. The van der Waals surface area contributed by atoms with Gasteiger partial charge in [0, 0.05) is 15.7 Å². The summed E-state index contributed by atoms with van der Waals surface area (Å²) in [5.74, 6) is -0.403. The van der Waals surface area contributed by atoms with E-state index in [1.54, 1.807) is 6.07 Å². The Hall–Kier alpha value is -1.60. The third-order valence-electron chi connectivity index (χ3n) is 3.02. The lowest BCUT2D eigenvalue weighted by Gasteiger charge is -2.06. The summed E-state index contributed by atoms with van der Waals surface area (Å²) in [7, 11) is 0. The number of hydrogen-bond donors (Lipinski definition) is 2. The largest absolute Gasteiger partial charge is 0.506 e. The number of hydrogen-bond acceptors (Lipinski definition) is 3. The zero-order valence-corrected chi connectivity index (χ0v) is 16.2. The Kier molecular flexibility index (Phi) is 6.41. The van der Waals surface area contributed by atoms with E-state index in [1.165, 1.54) is 6.08 Å². The number of aromatic hydroxyl groups is 1. The molecule has 0 aromatic heterocycles. The Labute approximate surface area is 161 Å². The minimum absolute atomic E-state index is 0.0472. The number of nitrogens with one attached hydrogen (secondary N) is 1. The summed E-state index contributed by atoms with van der Waals surface area (Å²) in [6.45, 7) is 0.342. The summed E-state index contributed by atoms with van der Waals surface area (Å²) in [6.07, 6.45) is 1.40. The maximum Gasteiger partial charge on any atom is 0.262 e. The molecule has 2 aromatic rings. The molecule has 4 nitrogen and oxygen atoms in total. The summed E-state index contributed by atoms with van der Waals surface area (Å²) < 4.78 is 1.58. The molecule has 2 N–H and O–H groups in total. The van der Waals surface area contributed by atoms with Crippen LogP contribution >= 0.6 is 45.2 Å². The molecule has 0 heterocycles. The van der Waals surface area contributed by atoms with Gasteiger partial charge >= 0.3 is 0 Å². The van der Waals surface area contributed by atoms with E-state index in [0.29, 0.717) is 15.7 Å². The van der Waals surface area contributed by atoms with Crippen LogP contribution in [0.25, 0.3) is 6.08 Å². The molecule has 116 valence electrons. The van der Waals surface area contributed by atoms with Crippen LogP contribution in [0.1, 0.15) is 11.1 Å². The third-order valence-corrected chi connectivity index (χ3v) is 4.46. The van der Waals surface area contributed by atoms with Gasteiger partial charge in [-0.15, -0.1) is 0 Å². The van der Waals surface area contributed by atoms with E-state index in [1.807, 2.05) is 65.1 Å². The van der Waals surface area contributed by atoms with Crippen molar-refractivity contribution in [2.24, 2.45) is 0 Å². The molecule has 0 atom stereocenters. The Morgan fingerprint density at radius 1 is 1.26 bits per heavy atom. The molecule has 0 bridgehead atoms. The lowest BCUT2D eigenvalue weighted by Crippen LogP contribution is -2.23. The first-order valence-corrected chi connectivity index (χ1v) is 8.79. The molecule has 6 heteroatoms. The summed E-state index contributed by atoms with van der Waals surface area (Å²) in [5, 5.41) is 22.0. The quantitative estimate of drug-likeness (QED) is 0.359. The van der Waals surface area contributed by atoms with Gasteiger partial charge in [0.25, 0.3) is 5.91 Å². The predicted molar refractivity (Wildman–Crippen MR) is 105 cm³/mol. The van der Waals surface area contributed by atoms with Crippen LogP contribution in [0, 0.1) is 18.5 Å². The van der Waals surface area contributed by atoms with Crippen LogP contribution in [0.3, 0.4) is 0 Å². The Bertz CT molecular complexity index is 796. The molecule has 0 saturated heterocycles. The zero-order valence-electron chi connectivity index (χ0n) is 11.9. The van der Waals surface area contributed by atoms with Crippen molar-refractivity contribution in [2.75, 3.05) is 0 Å². The van der Waals surface area contributed by atoms with Crippen molar-refractivity contribution >= 4 is 57.2 Å². The van der Waals surface area contributed by atoms with Gasteiger partial charge in [0.15, 0.2) is 0 Å². The fourth-order valence-corrected chi connectivity index (χ4v) is 3.76. The molecule has 0 aliphatic heterocycles. The smallest absolute Gasteiger partial charge is 0.262 e. The number of carbonyl (C=O) groups excluding carboxylic acids is 1. The number of halogens is 2. The lowest BCUT2D eigenvalue weighted by atomic mass is 10.1. The molecule has 0 fully saturated rings. The minimum Gasteiger partial charge on any atom is -0.506 e. The number of phenolic OH excluding ortho intramolecular Hbond substituents is 1. The summed E-state index contributed by atoms with van der Waals surface area (Å²) in [5.41, 5.74) is 1.35. The highest BCUT2D eigenvalue weighted by Crippen LogP contribution is 2.28. The van der Waals surface area contributed by atoms with Crippen LogP contribution in [0.2, 0.25) is 0 Å². The molecule has 0 unspecified atom stereocenters. The number of benzene rings is 2. The Morgan fingerprint density at radius 3 is 2.61 bits per heavy atom. The molecule has 0 spiro atoms. The highest BCUT2D eigenvalue weighted by atomic mass is 127. The second kappa shape index (κ2) is 8.31. The van der Waals surface area contributed by atoms with E-state index >= 15 is 0 Å². The lowest BCUT2D eigenvalue weighted by molar-refractivity contribution is -0.117. The predicted octanol–water partition coefficient (Wildman–Crippen LogP) is 3.82. The van der Waals surface area contributed by atoms with Gasteiger partial charge in [0.1, 0.15) is 17.4 Å². The van der Waals surface area contributed by atoms with Gasteiger partial charge in [0.2, 0.25) is 0 Å². The van der Waals surface area contributed by atoms with E-state index in [4.69, 9.17) is 0 Å². The van der Waals surface area contributed by atoms with Gasteiger partial charge in [-0.1, -0.05) is 30.3 Å². The second-order valence-electron chi connectivity index (χ2n) is 4.66. The summed E-state index contributed by atoms with van der Waals surface area (Å²) >= 11 is 4.13. The molecule has 2 rings (SSSR count). The number of nitriles is 1. The van der Waals surface area contributed by atoms with Gasteiger partial charge in [-0.25, -0.2) is 0 Å². The zero-order chi connectivity index (χ0) is 16.8. The summed E-state index contributed by atoms with van der Waals surface area (Å²) in [6, 6.07) is 14.9. The number of carbonyl (C=O) groups is 1. The number of phenols is 1. The Balaban J connectivity index is 2.19. The molecular weight excluding hydrogens is 518 g/mol. The van der Waals surface area contributed by atoms with E-state index < -0.39 is 5.91 Å². The minimum atomic E-state index is -0.468. The standard InChI is InChI=1S/C17H12I2N2O2/c18-14-7-12(16(22)15(19)8-14)6-13(9-20)17(23)21-10-11-4-2-1-3-5-11/h1-8,22H,10H2,(H,21,23)/b13-6-. The normalized spacial score (nSPS) is 10.9. The topological polar surface area (TPSA) is 73.1 Å². The van der Waals surface area contributed by atoms with Gasteiger partial charge in [-0.3, -0.25) is 4.79 Å². The van der Waals surface area contributed by atoms with Gasteiger partial charge < -0.3 is 10.4 Å². The maximum absolute atomic E-state index is 12.1. The van der Waals surface area contributed by atoms with Crippen LogP contribution in [-0.4, -0.2) is 11.0 Å². The molecule has 2 aromatic carbocycles. The molecular formula is C17H12I2N2O2. The van der Waals surface area contributed by atoms with Gasteiger partial charge in [-0.2, -0.15) is 5.26 Å². The summed E-state index contributed by atoms with van der Waals surface area (Å²) in [4.78, 5) is 12.1. The fraction of sp³-hybridized carbons (Fsp3) is 0.0588. The van der Waals surface area contributed by atoms with Crippen molar-refractivity contribution in [3.63, 3.8) is 0 Å². The van der Waals surface area contributed by atoms with Crippen molar-refractivity contribution in [3.8, 4) is 11.8 Å². The highest BCUT2D eigenvalue weighted by Gasteiger charge is 2.12. The monoisotopic (exact) mass is 530 g/mol. The van der Waals surface area contributed by atoms with E-state index in [0.717, 1.165) is 9.13 Å². The first kappa shape index (κ1) is 17.7. The second-order valence-corrected chi connectivity index (χ2v) is 7.07. The van der Waals surface area contributed by atoms with Crippen molar-refractivity contribution in [3.05, 3.63) is 66.3 Å². The maximum atomic E-state index is 12.1. The van der Waals surface area contributed by atoms with Crippen LogP contribution in [0.5, 0.6) is 5.75 Å². The van der Waals surface area contributed by atoms with Crippen LogP contribution < -0.4 is 5.32 Å². The SMILES string of the molecule is N#C/C(=C/c1cc(I)cc(I)c1O)C(=O)NCc1ccccc1. The fourth-order valence-electron chi connectivity index (χ4n) is 1.87. The molecule has 0 radical (unpaired) electrons. The molecule has 0 saturated carbocycles. The number of amides is 1. The van der Waals surface area contributed by atoms with Crippen LogP contribution in [0.4, 0.5) is 0 Å².